The molecule has 0 saturated carbocycles. The summed E-state index contributed by atoms with van der Waals surface area (Å²) in [6.45, 7) is 5.83. The Labute approximate surface area is 121 Å². The Bertz CT molecular complexity index is 552. The molecule has 0 aromatic heterocycles. The van der Waals surface area contributed by atoms with Crippen LogP contribution >= 0.6 is 12.2 Å². The highest BCUT2D eigenvalue weighted by Gasteiger charge is 2.19. The van der Waals surface area contributed by atoms with Gasteiger partial charge in [-0.2, -0.15) is 0 Å². The quantitative estimate of drug-likeness (QED) is 0.821. The van der Waals surface area contributed by atoms with E-state index in [9.17, 15) is 8.42 Å². The maximum atomic E-state index is 12.1. The highest BCUT2D eigenvalue weighted by Crippen LogP contribution is 2.26. The largest absolute Gasteiger partial charge is 0.393 e. The van der Waals surface area contributed by atoms with E-state index in [0.717, 1.165) is 5.56 Å². The molecule has 1 aromatic carbocycles. The standard InChI is InChI=1S/C14H21NO2S2/c1-4-8-19(16,17)13-7-5-6-12(9-13)10(2)11(3)14(15)18/h5-7,9-11H,4,8H2,1-3H3,(H2,15,18). The molecule has 1 aromatic rings. The molecule has 0 fully saturated rings. The second-order valence-corrected chi connectivity index (χ2v) is 7.45. The van der Waals surface area contributed by atoms with Crippen molar-refractivity contribution in [3.05, 3.63) is 29.8 Å². The van der Waals surface area contributed by atoms with Crippen LogP contribution < -0.4 is 5.73 Å². The topological polar surface area (TPSA) is 60.2 Å². The van der Waals surface area contributed by atoms with E-state index >= 15 is 0 Å². The summed E-state index contributed by atoms with van der Waals surface area (Å²) in [4.78, 5) is 0.836. The first-order chi connectivity index (χ1) is 8.79. The molecule has 0 bridgehead atoms. The second kappa shape index (κ2) is 6.48. The molecule has 106 valence electrons. The Morgan fingerprint density at radius 3 is 2.53 bits per heavy atom. The van der Waals surface area contributed by atoms with Gasteiger partial charge >= 0.3 is 0 Å². The molecule has 0 aliphatic heterocycles. The lowest BCUT2D eigenvalue weighted by molar-refractivity contribution is 0.593. The van der Waals surface area contributed by atoms with Gasteiger partial charge in [-0.1, -0.05) is 45.1 Å². The van der Waals surface area contributed by atoms with Gasteiger partial charge in [0, 0.05) is 5.92 Å². The van der Waals surface area contributed by atoms with Gasteiger partial charge in [0.1, 0.15) is 0 Å². The fraction of sp³-hybridized carbons (Fsp3) is 0.500. The van der Waals surface area contributed by atoms with Gasteiger partial charge in [-0.05, 0) is 30.0 Å². The molecule has 0 heterocycles. The summed E-state index contributed by atoms with van der Waals surface area (Å²) in [6, 6.07) is 7.09. The van der Waals surface area contributed by atoms with E-state index in [0.29, 0.717) is 16.3 Å². The maximum absolute atomic E-state index is 12.1. The van der Waals surface area contributed by atoms with Crippen LogP contribution in [0.15, 0.2) is 29.2 Å². The first kappa shape index (κ1) is 16.1. The van der Waals surface area contributed by atoms with E-state index in [1.54, 1.807) is 18.2 Å². The van der Waals surface area contributed by atoms with Gasteiger partial charge < -0.3 is 5.73 Å². The predicted octanol–water partition coefficient (Wildman–Crippen LogP) is 2.90. The first-order valence-electron chi connectivity index (χ1n) is 6.41. The van der Waals surface area contributed by atoms with E-state index in [1.807, 2.05) is 26.8 Å². The number of rotatable bonds is 6. The molecule has 2 N–H and O–H groups in total. The lowest BCUT2D eigenvalue weighted by Gasteiger charge is -2.19. The van der Waals surface area contributed by atoms with E-state index in [2.05, 4.69) is 0 Å². The maximum Gasteiger partial charge on any atom is 0.178 e. The first-order valence-corrected chi connectivity index (χ1v) is 8.47. The Kier molecular flexibility index (Phi) is 5.50. The van der Waals surface area contributed by atoms with Crippen molar-refractivity contribution in [1.82, 2.24) is 0 Å². The smallest absolute Gasteiger partial charge is 0.178 e. The Morgan fingerprint density at radius 2 is 2.00 bits per heavy atom. The fourth-order valence-corrected chi connectivity index (χ4v) is 3.49. The summed E-state index contributed by atoms with van der Waals surface area (Å²) in [5.74, 6) is 0.323. The number of thiocarbonyl (C=S) groups is 1. The third kappa shape index (κ3) is 4.01. The van der Waals surface area contributed by atoms with Crippen LogP contribution in [0.2, 0.25) is 0 Å². The fourth-order valence-electron chi connectivity index (χ4n) is 1.91. The molecule has 0 radical (unpaired) electrons. The highest BCUT2D eigenvalue weighted by molar-refractivity contribution is 7.91. The van der Waals surface area contributed by atoms with E-state index in [1.165, 1.54) is 0 Å². The van der Waals surface area contributed by atoms with Crippen molar-refractivity contribution >= 4 is 27.0 Å². The predicted molar refractivity (Wildman–Crippen MR) is 83.2 cm³/mol. The Morgan fingerprint density at radius 1 is 1.37 bits per heavy atom. The molecule has 0 aliphatic carbocycles. The number of hydrogen-bond acceptors (Lipinski definition) is 3. The van der Waals surface area contributed by atoms with Gasteiger partial charge in [0.05, 0.1) is 15.6 Å². The number of benzene rings is 1. The molecule has 2 atom stereocenters. The zero-order chi connectivity index (χ0) is 14.6. The van der Waals surface area contributed by atoms with Crippen LogP contribution in [0, 0.1) is 5.92 Å². The van der Waals surface area contributed by atoms with Crippen LogP contribution in [0.4, 0.5) is 0 Å². The third-order valence-corrected chi connectivity index (χ3v) is 5.70. The molecule has 0 aliphatic rings. The molecule has 0 spiro atoms. The summed E-state index contributed by atoms with van der Waals surface area (Å²) in [6.07, 6.45) is 0.616. The monoisotopic (exact) mass is 299 g/mol. The summed E-state index contributed by atoms with van der Waals surface area (Å²) < 4.78 is 24.1. The summed E-state index contributed by atoms with van der Waals surface area (Å²) in [5, 5.41) is 0. The summed E-state index contributed by atoms with van der Waals surface area (Å²) in [5.41, 5.74) is 6.61. The van der Waals surface area contributed by atoms with Gasteiger partial charge in [0.15, 0.2) is 9.84 Å². The van der Waals surface area contributed by atoms with Crippen molar-refractivity contribution < 1.29 is 8.42 Å². The van der Waals surface area contributed by atoms with Crippen molar-refractivity contribution in [1.29, 1.82) is 0 Å². The number of nitrogens with two attached hydrogens (primary N) is 1. The molecule has 5 heteroatoms. The molecule has 0 amide bonds. The highest BCUT2D eigenvalue weighted by atomic mass is 32.2. The number of sulfone groups is 1. The minimum absolute atomic E-state index is 0.0409. The van der Waals surface area contributed by atoms with Crippen LogP contribution in [0.3, 0.4) is 0 Å². The van der Waals surface area contributed by atoms with E-state index < -0.39 is 9.84 Å². The van der Waals surface area contributed by atoms with Crippen LogP contribution in [0.25, 0.3) is 0 Å². The molecule has 2 unspecified atom stereocenters. The molecular formula is C14H21NO2S2. The zero-order valence-corrected chi connectivity index (χ0v) is 13.2. The van der Waals surface area contributed by atoms with Crippen LogP contribution in [0.5, 0.6) is 0 Å². The molecular weight excluding hydrogens is 278 g/mol. The van der Waals surface area contributed by atoms with Crippen LogP contribution in [-0.4, -0.2) is 19.2 Å². The van der Waals surface area contributed by atoms with Crippen molar-refractivity contribution in [2.24, 2.45) is 11.7 Å². The third-order valence-electron chi connectivity index (χ3n) is 3.41. The van der Waals surface area contributed by atoms with Gasteiger partial charge in [0.2, 0.25) is 0 Å². The Hall–Kier alpha value is -0.940. The van der Waals surface area contributed by atoms with Gasteiger partial charge in [-0.3, -0.25) is 0 Å². The second-order valence-electron chi connectivity index (χ2n) is 4.87. The molecule has 19 heavy (non-hydrogen) atoms. The van der Waals surface area contributed by atoms with Crippen molar-refractivity contribution in [3.8, 4) is 0 Å². The average molecular weight is 299 g/mol. The minimum atomic E-state index is -3.18. The normalized spacial score (nSPS) is 14.9. The SMILES string of the molecule is CCCS(=O)(=O)c1cccc(C(C)C(C)C(N)=S)c1. The Balaban J connectivity index is 3.11. The van der Waals surface area contributed by atoms with Crippen molar-refractivity contribution in [2.75, 3.05) is 5.75 Å². The number of hydrogen-bond donors (Lipinski definition) is 1. The zero-order valence-electron chi connectivity index (χ0n) is 11.6. The van der Waals surface area contributed by atoms with E-state index in [-0.39, 0.29) is 17.6 Å². The summed E-state index contributed by atoms with van der Waals surface area (Å²) in [7, 11) is -3.18. The van der Waals surface area contributed by atoms with Crippen LogP contribution in [0.1, 0.15) is 38.7 Å². The minimum Gasteiger partial charge on any atom is -0.393 e. The van der Waals surface area contributed by atoms with E-state index in [4.69, 9.17) is 18.0 Å². The average Bonchev–Trinajstić information content (AvgIpc) is 2.37. The van der Waals surface area contributed by atoms with Crippen molar-refractivity contribution in [2.45, 2.75) is 38.0 Å². The molecule has 3 nitrogen and oxygen atoms in total. The molecule has 0 saturated heterocycles. The van der Waals surface area contributed by atoms with Gasteiger partial charge in [-0.15, -0.1) is 0 Å². The van der Waals surface area contributed by atoms with Crippen LogP contribution in [-0.2, 0) is 9.84 Å². The summed E-state index contributed by atoms with van der Waals surface area (Å²) >= 11 is 5.00. The lowest BCUT2D eigenvalue weighted by Crippen LogP contribution is -2.23. The molecule has 1 rings (SSSR count). The van der Waals surface area contributed by atoms with Gasteiger partial charge in [0.25, 0.3) is 0 Å². The lowest BCUT2D eigenvalue weighted by atomic mass is 9.89. The van der Waals surface area contributed by atoms with Gasteiger partial charge in [-0.25, -0.2) is 8.42 Å². The van der Waals surface area contributed by atoms with Crippen molar-refractivity contribution in [3.63, 3.8) is 0 Å².